The molecule has 0 rings (SSSR count). The zero-order valence-corrected chi connectivity index (χ0v) is 7.57. The molecule has 0 fully saturated rings. The van der Waals surface area contributed by atoms with Gasteiger partial charge in [0.15, 0.2) is 0 Å². The van der Waals surface area contributed by atoms with Crippen molar-refractivity contribution >= 4 is 0 Å². The molecule has 1 heteroatoms. The Bertz CT molecular complexity index is 103. The molecule has 1 N–H and O–H groups in total. The molecule has 1 nitrogen and oxygen atoms in total. The first-order valence-corrected chi connectivity index (χ1v) is 3.95. The highest BCUT2D eigenvalue weighted by atomic mass is 14.9. The summed E-state index contributed by atoms with van der Waals surface area (Å²) in [5, 5.41) is 3.33. The number of hydrogen-bond acceptors (Lipinski definition) is 1. The van der Waals surface area contributed by atoms with E-state index in [4.69, 9.17) is 0 Å². The van der Waals surface area contributed by atoms with Gasteiger partial charge in [0.25, 0.3) is 0 Å². The first-order valence-electron chi connectivity index (χ1n) is 3.95. The van der Waals surface area contributed by atoms with Crippen molar-refractivity contribution in [3.05, 3.63) is 12.2 Å². The molecule has 0 bridgehead atoms. The van der Waals surface area contributed by atoms with E-state index in [-0.39, 0.29) is 0 Å². The Morgan fingerprint density at radius 2 is 1.80 bits per heavy atom. The summed E-state index contributed by atoms with van der Waals surface area (Å²) in [6.45, 7) is 13.6. The third-order valence-electron chi connectivity index (χ3n) is 1.55. The molecule has 0 aromatic carbocycles. The van der Waals surface area contributed by atoms with E-state index in [1.807, 2.05) is 0 Å². The Morgan fingerprint density at radius 1 is 1.30 bits per heavy atom. The van der Waals surface area contributed by atoms with Crippen LogP contribution in [0, 0.1) is 5.92 Å². The lowest BCUT2D eigenvalue weighted by Gasteiger charge is -2.12. The molecule has 0 aromatic heterocycles. The maximum absolute atomic E-state index is 3.96. The van der Waals surface area contributed by atoms with Crippen LogP contribution in [-0.4, -0.2) is 12.6 Å². The van der Waals surface area contributed by atoms with Crippen molar-refractivity contribution < 1.29 is 0 Å². The Kier molecular flexibility index (Phi) is 4.37. The Balaban J connectivity index is 3.40. The third kappa shape index (κ3) is 4.57. The molecule has 10 heavy (non-hydrogen) atoms. The van der Waals surface area contributed by atoms with Gasteiger partial charge < -0.3 is 5.32 Å². The van der Waals surface area contributed by atoms with E-state index >= 15 is 0 Å². The minimum absolute atomic E-state index is 0.565. The van der Waals surface area contributed by atoms with Crippen LogP contribution in [0.1, 0.15) is 27.7 Å². The molecule has 0 aromatic rings. The highest BCUT2D eigenvalue weighted by Crippen LogP contribution is 2.04. The fourth-order valence-corrected chi connectivity index (χ4v) is 0.539. The van der Waals surface area contributed by atoms with E-state index < -0.39 is 0 Å². The molecule has 0 atom stereocenters. The molecule has 0 amide bonds. The zero-order valence-electron chi connectivity index (χ0n) is 7.57. The van der Waals surface area contributed by atoms with Gasteiger partial charge in [-0.15, -0.1) is 0 Å². The fraction of sp³-hybridized carbons (Fsp3) is 0.778. The van der Waals surface area contributed by atoms with Gasteiger partial charge in [0.05, 0.1) is 0 Å². The lowest BCUT2D eigenvalue weighted by molar-refractivity contribution is 0.592. The van der Waals surface area contributed by atoms with Crippen molar-refractivity contribution in [2.45, 2.75) is 33.7 Å². The summed E-state index contributed by atoms with van der Waals surface area (Å²) in [7, 11) is 0. The van der Waals surface area contributed by atoms with Crippen LogP contribution < -0.4 is 5.32 Å². The average Bonchev–Trinajstić information content (AvgIpc) is 1.82. The smallest absolute Gasteiger partial charge is 0.0166 e. The van der Waals surface area contributed by atoms with Gasteiger partial charge in [-0.05, 0) is 5.92 Å². The number of rotatable bonds is 4. The van der Waals surface area contributed by atoms with Crippen LogP contribution >= 0.6 is 0 Å². The highest BCUT2D eigenvalue weighted by Gasteiger charge is 1.99. The molecule has 0 heterocycles. The topological polar surface area (TPSA) is 12.0 Å². The van der Waals surface area contributed by atoms with E-state index in [0.717, 1.165) is 6.54 Å². The zero-order chi connectivity index (χ0) is 8.15. The molecule has 0 radical (unpaired) electrons. The molecule has 0 aliphatic heterocycles. The largest absolute Gasteiger partial charge is 0.311 e. The summed E-state index contributed by atoms with van der Waals surface area (Å²) < 4.78 is 0. The molecule has 0 aliphatic rings. The number of nitrogens with one attached hydrogen (secondary N) is 1. The lowest BCUT2D eigenvalue weighted by atomic mass is 10.1. The predicted octanol–water partition coefficient (Wildman–Crippen LogP) is 2.20. The van der Waals surface area contributed by atoms with Gasteiger partial charge in [0.1, 0.15) is 0 Å². The molecule has 0 spiro atoms. The van der Waals surface area contributed by atoms with Crippen molar-refractivity contribution in [3.63, 3.8) is 0 Å². The average molecular weight is 141 g/mol. The van der Waals surface area contributed by atoms with Crippen LogP contribution in [0.4, 0.5) is 0 Å². The van der Waals surface area contributed by atoms with Crippen molar-refractivity contribution in [3.8, 4) is 0 Å². The standard InChI is InChI=1S/C9H19N/c1-7(2)9(5)6-10-8(3)4/h7-8,10H,5-6H2,1-4H3. The van der Waals surface area contributed by atoms with Crippen molar-refractivity contribution in [2.75, 3.05) is 6.54 Å². The van der Waals surface area contributed by atoms with Crippen LogP contribution in [-0.2, 0) is 0 Å². The van der Waals surface area contributed by atoms with Gasteiger partial charge in [0.2, 0.25) is 0 Å². The molecule has 0 aliphatic carbocycles. The van der Waals surface area contributed by atoms with Gasteiger partial charge in [-0.2, -0.15) is 0 Å². The van der Waals surface area contributed by atoms with Gasteiger partial charge in [-0.3, -0.25) is 0 Å². The third-order valence-corrected chi connectivity index (χ3v) is 1.55. The SMILES string of the molecule is C=C(CNC(C)C)C(C)C. The Hall–Kier alpha value is -0.300. The number of hydrogen-bond donors (Lipinski definition) is 1. The lowest BCUT2D eigenvalue weighted by Crippen LogP contribution is -2.25. The van der Waals surface area contributed by atoms with Crippen LogP contribution in [0.3, 0.4) is 0 Å². The van der Waals surface area contributed by atoms with Gasteiger partial charge in [-0.25, -0.2) is 0 Å². The van der Waals surface area contributed by atoms with E-state index in [0.29, 0.717) is 12.0 Å². The van der Waals surface area contributed by atoms with Crippen molar-refractivity contribution in [1.82, 2.24) is 5.32 Å². The maximum atomic E-state index is 3.96. The first kappa shape index (κ1) is 9.70. The van der Waals surface area contributed by atoms with E-state index in [2.05, 4.69) is 39.6 Å². The normalized spacial score (nSPS) is 11.0. The molecule has 0 unspecified atom stereocenters. The summed E-state index contributed by atoms with van der Waals surface area (Å²) >= 11 is 0. The predicted molar refractivity (Wildman–Crippen MR) is 47.1 cm³/mol. The molecular formula is C9H19N. The second-order valence-electron chi connectivity index (χ2n) is 3.35. The summed E-state index contributed by atoms with van der Waals surface area (Å²) in [5.74, 6) is 0.603. The van der Waals surface area contributed by atoms with Gasteiger partial charge in [-0.1, -0.05) is 39.8 Å². The Labute approximate surface area is 64.5 Å². The summed E-state index contributed by atoms with van der Waals surface area (Å²) in [6.07, 6.45) is 0. The van der Waals surface area contributed by atoms with E-state index in [9.17, 15) is 0 Å². The second kappa shape index (κ2) is 4.51. The maximum Gasteiger partial charge on any atom is 0.0166 e. The Morgan fingerprint density at radius 3 is 2.10 bits per heavy atom. The monoisotopic (exact) mass is 141 g/mol. The van der Waals surface area contributed by atoms with Crippen molar-refractivity contribution in [1.29, 1.82) is 0 Å². The van der Waals surface area contributed by atoms with Crippen LogP contribution in [0.25, 0.3) is 0 Å². The van der Waals surface area contributed by atoms with Crippen LogP contribution in [0.5, 0.6) is 0 Å². The summed E-state index contributed by atoms with van der Waals surface area (Å²) in [5.41, 5.74) is 1.29. The second-order valence-corrected chi connectivity index (χ2v) is 3.35. The summed E-state index contributed by atoms with van der Waals surface area (Å²) in [4.78, 5) is 0. The minimum atomic E-state index is 0.565. The van der Waals surface area contributed by atoms with Gasteiger partial charge in [0, 0.05) is 12.6 Å². The molecule has 0 saturated heterocycles. The van der Waals surface area contributed by atoms with E-state index in [1.165, 1.54) is 5.57 Å². The van der Waals surface area contributed by atoms with Crippen LogP contribution in [0.15, 0.2) is 12.2 Å². The molecule has 0 saturated carbocycles. The van der Waals surface area contributed by atoms with Gasteiger partial charge >= 0.3 is 0 Å². The first-order chi connectivity index (χ1) is 4.54. The molecular weight excluding hydrogens is 122 g/mol. The van der Waals surface area contributed by atoms with Crippen LogP contribution in [0.2, 0.25) is 0 Å². The van der Waals surface area contributed by atoms with Crippen molar-refractivity contribution in [2.24, 2.45) is 5.92 Å². The fourth-order valence-electron chi connectivity index (χ4n) is 0.539. The van der Waals surface area contributed by atoms with E-state index in [1.54, 1.807) is 0 Å². The quantitative estimate of drug-likeness (QED) is 0.592. The summed E-state index contributed by atoms with van der Waals surface area (Å²) in [6, 6.07) is 0.565. The highest BCUT2D eigenvalue weighted by molar-refractivity contribution is 4.99. The minimum Gasteiger partial charge on any atom is -0.311 e. The molecule has 60 valence electrons.